The molecule has 0 radical (unpaired) electrons. The van der Waals surface area contributed by atoms with Crippen LogP contribution in [-0.4, -0.2) is 11.2 Å². The van der Waals surface area contributed by atoms with Gasteiger partial charge in [-0.2, -0.15) is 0 Å². The van der Waals surface area contributed by atoms with Gasteiger partial charge in [0.2, 0.25) is 0 Å². The quantitative estimate of drug-likeness (QED) is 0.744. The highest BCUT2D eigenvalue weighted by atomic mass is 16.6. The zero-order valence-corrected chi connectivity index (χ0v) is 7.81. The van der Waals surface area contributed by atoms with E-state index in [-0.39, 0.29) is 11.5 Å². The topological polar surface area (TPSA) is 72.6 Å². The minimum Gasteiger partial charge on any atom is -0.504 e. The molecule has 0 bridgehead atoms. The Labute approximate surface area is 85.9 Å². The van der Waals surface area contributed by atoms with E-state index in [1.165, 1.54) is 6.07 Å². The maximum atomic E-state index is 10.5. The Morgan fingerprint density at radius 2 is 1.93 bits per heavy atom. The van der Waals surface area contributed by atoms with Crippen molar-refractivity contribution in [1.82, 2.24) is 0 Å². The number of primary amides is 1. The molecule has 0 spiro atoms. The molecule has 0 heterocycles. The number of hydrogen-bond donors (Lipinski definition) is 2. The zero-order valence-electron chi connectivity index (χ0n) is 7.81. The number of aromatic hydroxyl groups is 1. The summed E-state index contributed by atoms with van der Waals surface area (Å²) >= 11 is 0. The van der Waals surface area contributed by atoms with E-state index < -0.39 is 6.09 Å². The largest absolute Gasteiger partial charge is 0.504 e. The highest BCUT2D eigenvalue weighted by Gasteiger charge is 2.08. The van der Waals surface area contributed by atoms with Crippen LogP contribution >= 0.6 is 0 Å². The van der Waals surface area contributed by atoms with Crippen molar-refractivity contribution in [2.45, 2.75) is 0 Å². The van der Waals surface area contributed by atoms with Gasteiger partial charge in [0, 0.05) is 5.39 Å². The van der Waals surface area contributed by atoms with Crippen molar-refractivity contribution in [2.75, 3.05) is 0 Å². The van der Waals surface area contributed by atoms with Gasteiger partial charge >= 0.3 is 6.09 Å². The summed E-state index contributed by atoms with van der Waals surface area (Å²) in [5.41, 5.74) is 4.87. The molecule has 2 aromatic rings. The molecule has 0 atom stereocenters. The lowest BCUT2D eigenvalue weighted by molar-refractivity contribution is 0.209. The molecule has 0 aromatic heterocycles. The van der Waals surface area contributed by atoms with E-state index in [1.807, 2.05) is 12.1 Å². The van der Waals surface area contributed by atoms with E-state index in [0.717, 1.165) is 5.39 Å². The monoisotopic (exact) mass is 203 g/mol. The third-order valence-corrected chi connectivity index (χ3v) is 2.07. The lowest BCUT2D eigenvalue weighted by Crippen LogP contribution is -2.16. The Morgan fingerprint density at radius 3 is 2.67 bits per heavy atom. The van der Waals surface area contributed by atoms with Crippen LogP contribution in [0.5, 0.6) is 11.5 Å². The molecule has 76 valence electrons. The molecule has 0 saturated heterocycles. The zero-order chi connectivity index (χ0) is 10.8. The number of rotatable bonds is 1. The van der Waals surface area contributed by atoms with E-state index in [0.29, 0.717) is 5.39 Å². The van der Waals surface area contributed by atoms with Crippen LogP contribution in [0.15, 0.2) is 36.4 Å². The van der Waals surface area contributed by atoms with Crippen LogP contribution in [0.2, 0.25) is 0 Å². The van der Waals surface area contributed by atoms with Gasteiger partial charge in [-0.15, -0.1) is 0 Å². The SMILES string of the molecule is NC(=O)Oc1ccc2ccccc2c1O. The van der Waals surface area contributed by atoms with Crippen molar-refractivity contribution >= 4 is 16.9 Å². The molecule has 0 saturated carbocycles. The lowest BCUT2D eigenvalue weighted by Gasteiger charge is -2.06. The summed E-state index contributed by atoms with van der Waals surface area (Å²) in [5.74, 6) is -0.00639. The first kappa shape index (κ1) is 9.33. The van der Waals surface area contributed by atoms with Gasteiger partial charge in [-0.1, -0.05) is 30.3 Å². The van der Waals surface area contributed by atoms with Crippen molar-refractivity contribution < 1.29 is 14.6 Å². The van der Waals surface area contributed by atoms with E-state index in [9.17, 15) is 9.90 Å². The smallest absolute Gasteiger partial charge is 0.410 e. The predicted molar refractivity (Wildman–Crippen MR) is 55.8 cm³/mol. The van der Waals surface area contributed by atoms with E-state index in [4.69, 9.17) is 5.73 Å². The molecule has 4 nitrogen and oxygen atoms in total. The number of fused-ring (bicyclic) bond motifs is 1. The van der Waals surface area contributed by atoms with Crippen LogP contribution < -0.4 is 10.5 Å². The van der Waals surface area contributed by atoms with Crippen LogP contribution in [0.4, 0.5) is 4.79 Å². The Kier molecular flexibility index (Phi) is 2.17. The molecular weight excluding hydrogens is 194 g/mol. The van der Waals surface area contributed by atoms with Crippen LogP contribution in [0.25, 0.3) is 10.8 Å². The molecule has 0 aliphatic rings. The summed E-state index contributed by atoms with van der Waals surface area (Å²) < 4.78 is 4.64. The van der Waals surface area contributed by atoms with Gasteiger partial charge < -0.3 is 15.6 Å². The number of phenols is 1. The van der Waals surface area contributed by atoms with Crippen LogP contribution in [0.1, 0.15) is 0 Å². The summed E-state index contributed by atoms with van der Waals surface area (Å²) in [5, 5.41) is 11.3. The highest BCUT2D eigenvalue weighted by Crippen LogP contribution is 2.34. The molecule has 15 heavy (non-hydrogen) atoms. The van der Waals surface area contributed by atoms with E-state index >= 15 is 0 Å². The molecule has 4 heteroatoms. The lowest BCUT2D eigenvalue weighted by atomic mass is 10.1. The second-order valence-corrected chi connectivity index (χ2v) is 3.05. The van der Waals surface area contributed by atoms with Crippen LogP contribution in [0.3, 0.4) is 0 Å². The summed E-state index contributed by atoms with van der Waals surface area (Å²) in [6.45, 7) is 0. The highest BCUT2D eigenvalue weighted by molar-refractivity contribution is 5.91. The number of nitrogens with two attached hydrogens (primary N) is 1. The van der Waals surface area contributed by atoms with Gasteiger partial charge in [-0.3, -0.25) is 0 Å². The van der Waals surface area contributed by atoms with Gasteiger partial charge in [0.1, 0.15) is 0 Å². The van der Waals surface area contributed by atoms with Gasteiger partial charge in [0.15, 0.2) is 11.5 Å². The molecule has 2 rings (SSSR count). The summed E-state index contributed by atoms with van der Waals surface area (Å²) in [6.07, 6.45) is -0.944. The molecule has 0 aliphatic heterocycles. The Bertz CT molecular complexity index is 522. The first-order valence-electron chi connectivity index (χ1n) is 4.36. The first-order valence-corrected chi connectivity index (χ1v) is 4.36. The molecule has 0 aliphatic carbocycles. The Balaban J connectivity index is 2.59. The average Bonchev–Trinajstić information content (AvgIpc) is 2.22. The second kappa shape index (κ2) is 3.49. The summed E-state index contributed by atoms with van der Waals surface area (Å²) in [4.78, 5) is 10.5. The van der Waals surface area contributed by atoms with Gasteiger partial charge in [0.25, 0.3) is 0 Å². The first-order chi connectivity index (χ1) is 7.18. The fourth-order valence-electron chi connectivity index (χ4n) is 1.43. The Hall–Kier alpha value is -2.23. The van der Waals surface area contributed by atoms with Gasteiger partial charge in [0.05, 0.1) is 0 Å². The van der Waals surface area contributed by atoms with Gasteiger partial charge in [-0.05, 0) is 11.5 Å². The molecule has 3 N–H and O–H groups in total. The summed E-state index contributed by atoms with van der Waals surface area (Å²) in [6, 6.07) is 10.5. The number of benzene rings is 2. The number of phenolic OH excluding ortho intramolecular Hbond substituents is 1. The maximum Gasteiger partial charge on any atom is 0.410 e. The maximum absolute atomic E-state index is 10.5. The molecule has 0 fully saturated rings. The summed E-state index contributed by atoms with van der Waals surface area (Å²) in [7, 11) is 0. The van der Waals surface area contributed by atoms with Crippen LogP contribution in [-0.2, 0) is 0 Å². The number of carbonyl (C=O) groups is 1. The molecular formula is C11H9NO3. The predicted octanol–water partition coefficient (Wildman–Crippen LogP) is 2.00. The van der Waals surface area contributed by atoms with Crippen molar-refractivity contribution in [2.24, 2.45) is 5.73 Å². The Morgan fingerprint density at radius 1 is 1.20 bits per heavy atom. The third-order valence-electron chi connectivity index (χ3n) is 2.07. The minimum absolute atomic E-state index is 0.0706. The number of ether oxygens (including phenoxy) is 1. The molecule has 1 amide bonds. The van der Waals surface area contributed by atoms with Crippen molar-refractivity contribution in [3.63, 3.8) is 0 Å². The van der Waals surface area contributed by atoms with E-state index in [2.05, 4.69) is 4.74 Å². The molecule has 2 aromatic carbocycles. The fraction of sp³-hybridized carbons (Fsp3) is 0. The van der Waals surface area contributed by atoms with Crippen LogP contribution in [0, 0.1) is 0 Å². The number of amides is 1. The standard InChI is InChI=1S/C11H9NO3/c12-11(14)15-9-6-5-7-3-1-2-4-8(7)10(9)13/h1-6,13H,(H2,12,14). The van der Waals surface area contributed by atoms with Crippen molar-refractivity contribution in [3.8, 4) is 11.5 Å². The average molecular weight is 203 g/mol. The number of hydrogen-bond acceptors (Lipinski definition) is 3. The van der Waals surface area contributed by atoms with E-state index in [1.54, 1.807) is 18.2 Å². The normalized spacial score (nSPS) is 10.1. The second-order valence-electron chi connectivity index (χ2n) is 3.05. The number of carbonyl (C=O) groups excluding carboxylic acids is 1. The van der Waals surface area contributed by atoms with Crippen molar-refractivity contribution in [3.05, 3.63) is 36.4 Å². The third kappa shape index (κ3) is 1.69. The van der Waals surface area contributed by atoms with Gasteiger partial charge in [-0.25, -0.2) is 4.79 Å². The fourth-order valence-corrected chi connectivity index (χ4v) is 1.43. The minimum atomic E-state index is -0.944. The molecule has 0 unspecified atom stereocenters. The van der Waals surface area contributed by atoms with Crippen molar-refractivity contribution in [1.29, 1.82) is 0 Å².